The van der Waals surface area contributed by atoms with Crippen LogP contribution in [0.15, 0.2) is 54.6 Å². The summed E-state index contributed by atoms with van der Waals surface area (Å²) in [7, 11) is 0. The van der Waals surface area contributed by atoms with E-state index in [4.69, 9.17) is 9.47 Å². The van der Waals surface area contributed by atoms with Crippen molar-refractivity contribution in [3.63, 3.8) is 0 Å². The molecule has 0 spiro atoms. The van der Waals surface area contributed by atoms with Crippen LogP contribution in [0.1, 0.15) is 13.8 Å². The Bertz CT molecular complexity index is 642. The van der Waals surface area contributed by atoms with Gasteiger partial charge in [-0.25, -0.2) is 0 Å². The van der Waals surface area contributed by atoms with Crippen LogP contribution in [0, 0.1) is 0 Å². The zero-order valence-electron chi connectivity index (χ0n) is 14.9. The summed E-state index contributed by atoms with van der Waals surface area (Å²) in [4.78, 5) is 13.8. The number of likely N-dealkylation sites (N-methyl/N-ethyl adjacent to an activating group) is 1. The van der Waals surface area contributed by atoms with Gasteiger partial charge in [-0.15, -0.1) is 0 Å². The Kier molecular flexibility index (Phi) is 7.63. The first-order chi connectivity index (χ1) is 12.2. The molecule has 0 saturated carbocycles. The third-order valence-electron chi connectivity index (χ3n) is 3.76. The molecule has 0 radical (unpaired) electrons. The Hall–Kier alpha value is -2.69. The average molecular weight is 342 g/mol. The highest BCUT2D eigenvalue weighted by Gasteiger charge is 2.08. The first-order valence-corrected chi connectivity index (χ1v) is 8.65. The number of hydrogen-bond donors (Lipinski definition) is 1. The monoisotopic (exact) mass is 342 g/mol. The van der Waals surface area contributed by atoms with E-state index < -0.39 is 0 Å². The van der Waals surface area contributed by atoms with Gasteiger partial charge in [-0.1, -0.05) is 24.3 Å². The summed E-state index contributed by atoms with van der Waals surface area (Å²) in [6.45, 7) is 6.62. The fraction of sp³-hybridized carbons (Fsp3) is 0.350. The van der Waals surface area contributed by atoms with Crippen LogP contribution in [-0.2, 0) is 4.79 Å². The number of nitrogens with zero attached hydrogens (tertiary/aromatic N) is 1. The number of ether oxygens (including phenoxy) is 2. The van der Waals surface area contributed by atoms with Gasteiger partial charge in [0.15, 0.2) is 0 Å². The van der Waals surface area contributed by atoms with E-state index in [1.807, 2.05) is 68.4 Å². The molecule has 0 unspecified atom stereocenters. The Morgan fingerprint density at radius 1 is 0.920 bits per heavy atom. The second-order valence-corrected chi connectivity index (χ2v) is 5.46. The second-order valence-electron chi connectivity index (χ2n) is 5.46. The first kappa shape index (κ1) is 18.6. The minimum atomic E-state index is 0.0904. The molecule has 25 heavy (non-hydrogen) atoms. The Morgan fingerprint density at radius 3 is 2.24 bits per heavy atom. The molecule has 0 aliphatic rings. The van der Waals surface area contributed by atoms with Gasteiger partial charge in [0, 0.05) is 24.8 Å². The number of anilines is 1. The highest BCUT2D eigenvalue weighted by molar-refractivity contribution is 5.80. The summed E-state index contributed by atoms with van der Waals surface area (Å²) in [6, 6.07) is 17.2. The number of carbonyl (C=O) groups excluding carboxylic acids is 1. The lowest BCUT2D eigenvalue weighted by atomic mass is 10.3. The number of carbonyl (C=O) groups is 1. The van der Waals surface area contributed by atoms with Crippen molar-refractivity contribution in [2.24, 2.45) is 0 Å². The predicted octanol–water partition coefficient (Wildman–Crippen LogP) is 3.42. The van der Waals surface area contributed by atoms with Crippen molar-refractivity contribution in [2.45, 2.75) is 13.8 Å². The van der Waals surface area contributed by atoms with Crippen molar-refractivity contribution in [1.82, 2.24) is 4.90 Å². The molecule has 134 valence electrons. The van der Waals surface area contributed by atoms with Crippen LogP contribution >= 0.6 is 0 Å². The van der Waals surface area contributed by atoms with Crippen LogP contribution in [0.4, 0.5) is 5.69 Å². The highest BCUT2D eigenvalue weighted by atomic mass is 16.5. The fourth-order valence-corrected chi connectivity index (χ4v) is 2.40. The van der Waals surface area contributed by atoms with E-state index in [9.17, 15) is 4.79 Å². The maximum atomic E-state index is 12.0. The molecule has 0 aliphatic carbocycles. The number of para-hydroxylation sites is 1. The molecule has 0 aliphatic heterocycles. The van der Waals surface area contributed by atoms with Crippen LogP contribution in [0.3, 0.4) is 0 Å². The largest absolute Gasteiger partial charge is 0.490 e. The molecule has 1 amide bonds. The maximum absolute atomic E-state index is 12.0. The summed E-state index contributed by atoms with van der Waals surface area (Å²) in [6.07, 6.45) is 0. The van der Waals surface area contributed by atoms with Crippen LogP contribution in [0.5, 0.6) is 11.5 Å². The molecule has 2 aromatic carbocycles. The van der Waals surface area contributed by atoms with Gasteiger partial charge in [-0.3, -0.25) is 4.79 Å². The molecular formula is C20H26N2O3. The zero-order chi connectivity index (χ0) is 17.9. The maximum Gasteiger partial charge on any atom is 0.241 e. The fourth-order valence-electron chi connectivity index (χ4n) is 2.40. The number of hydrogen-bond acceptors (Lipinski definition) is 4. The van der Waals surface area contributed by atoms with E-state index in [0.717, 1.165) is 30.3 Å². The number of nitrogens with one attached hydrogen (secondary N) is 1. The Labute approximate surface area is 149 Å². The minimum Gasteiger partial charge on any atom is -0.490 e. The highest BCUT2D eigenvalue weighted by Crippen LogP contribution is 2.17. The number of benzene rings is 2. The van der Waals surface area contributed by atoms with Gasteiger partial charge in [0.05, 0.1) is 6.54 Å². The number of amides is 1. The lowest BCUT2D eigenvalue weighted by Crippen LogP contribution is -2.35. The molecule has 0 atom stereocenters. The van der Waals surface area contributed by atoms with Crippen molar-refractivity contribution in [2.75, 3.05) is 38.2 Å². The lowest BCUT2D eigenvalue weighted by Gasteiger charge is -2.19. The van der Waals surface area contributed by atoms with Crippen LogP contribution < -0.4 is 14.8 Å². The van der Waals surface area contributed by atoms with Gasteiger partial charge >= 0.3 is 0 Å². The van der Waals surface area contributed by atoms with Gasteiger partial charge in [0.1, 0.15) is 24.7 Å². The summed E-state index contributed by atoms with van der Waals surface area (Å²) in [5.74, 6) is 1.67. The Balaban J connectivity index is 1.75. The van der Waals surface area contributed by atoms with Gasteiger partial charge in [-0.05, 0) is 38.1 Å². The van der Waals surface area contributed by atoms with Crippen molar-refractivity contribution in [3.05, 3.63) is 54.6 Å². The lowest BCUT2D eigenvalue weighted by molar-refractivity contribution is -0.128. The first-order valence-electron chi connectivity index (χ1n) is 8.65. The van der Waals surface area contributed by atoms with E-state index in [-0.39, 0.29) is 12.5 Å². The predicted molar refractivity (Wildman–Crippen MR) is 100 cm³/mol. The van der Waals surface area contributed by atoms with Crippen LogP contribution in [0.25, 0.3) is 0 Å². The summed E-state index contributed by atoms with van der Waals surface area (Å²) >= 11 is 0. The number of rotatable bonds is 10. The third-order valence-corrected chi connectivity index (χ3v) is 3.76. The SMILES string of the molecule is CCN(CC)C(=O)CNc1cccc(OCCOc2ccccc2)c1. The molecule has 0 fully saturated rings. The van der Waals surface area contributed by atoms with Gasteiger partial charge in [0.25, 0.3) is 0 Å². The summed E-state index contributed by atoms with van der Waals surface area (Å²) in [5, 5.41) is 3.15. The smallest absolute Gasteiger partial charge is 0.241 e. The normalized spacial score (nSPS) is 10.2. The van der Waals surface area contributed by atoms with Gasteiger partial charge in [-0.2, -0.15) is 0 Å². The quantitative estimate of drug-likeness (QED) is 0.672. The van der Waals surface area contributed by atoms with Crippen molar-refractivity contribution >= 4 is 11.6 Å². The van der Waals surface area contributed by atoms with Crippen molar-refractivity contribution in [3.8, 4) is 11.5 Å². The van der Waals surface area contributed by atoms with Crippen molar-refractivity contribution < 1.29 is 14.3 Å². The molecule has 0 bridgehead atoms. The Morgan fingerprint density at radius 2 is 1.56 bits per heavy atom. The molecule has 2 aromatic rings. The average Bonchev–Trinajstić information content (AvgIpc) is 2.66. The molecule has 5 nitrogen and oxygen atoms in total. The van der Waals surface area contributed by atoms with E-state index in [1.54, 1.807) is 4.90 Å². The van der Waals surface area contributed by atoms with Gasteiger partial charge < -0.3 is 19.7 Å². The molecule has 5 heteroatoms. The summed E-state index contributed by atoms with van der Waals surface area (Å²) in [5.41, 5.74) is 0.863. The molecule has 0 heterocycles. The third kappa shape index (κ3) is 6.37. The summed E-state index contributed by atoms with van der Waals surface area (Å²) < 4.78 is 11.3. The van der Waals surface area contributed by atoms with E-state index in [0.29, 0.717) is 13.2 Å². The molecule has 1 N–H and O–H groups in total. The van der Waals surface area contributed by atoms with Gasteiger partial charge in [0.2, 0.25) is 5.91 Å². The standard InChI is InChI=1S/C20H26N2O3/c1-3-22(4-2)20(23)16-21-17-9-8-12-19(15-17)25-14-13-24-18-10-6-5-7-11-18/h5-12,15,21H,3-4,13-14,16H2,1-2H3. The topological polar surface area (TPSA) is 50.8 Å². The van der Waals surface area contributed by atoms with Crippen LogP contribution in [-0.4, -0.2) is 43.7 Å². The molecule has 0 aromatic heterocycles. The van der Waals surface area contributed by atoms with E-state index in [1.165, 1.54) is 0 Å². The molecule has 2 rings (SSSR count). The molecular weight excluding hydrogens is 316 g/mol. The van der Waals surface area contributed by atoms with E-state index in [2.05, 4.69) is 5.32 Å². The van der Waals surface area contributed by atoms with E-state index >= 15 is 0 Å². The van der Waals surface area contributed by atoms with Crippen LogP contribution in [0.2, 0.25) is 0 Å². The van der Waals surface area contributed by atoms with Crippen molar-refractivity contribution in [1.29, 1.82) is 0 Å². The minimum absolute atomic E-state index is 0.0904. The second kappa shape index (κ2) is 10.2. The molecule has 0 saturated heterocycles. The zero-order valence-corrected chi connectivity index (χ0v) is 14.9.